The van der Waals surface area contributed by atoms with Crippen molar-refractivity contribution in [1.29, 1.82) is 0 Å². The highest BCUT2D eigenvalue weighted by Gasteiger charge is 2.47. The first kappa shape index (κ1) is 20.1. The van der Waals surface area contributed by atoms with Gasteiger partial charge in [0.1, 0.15) is 6.23 Å². The normalized spacial score (nSPS) is 21.8. The summed E-state index contributed by atoms with van der Waals surface area (Å²) in [5, 5.41) is 12.2. The Labute approximate surface area is 178 Å². The van der Waals surface area contributed by atoms with Crippen LogP contribution >= 0.6 is 22.9 Å². The predicted molar refractivity (Wildman–Crippen MR) is 112 cm³/mol. The Morgan fingerprint density at radius 3 is 2.72 bits per heavy atom. The lowest BCUT2D eigenvalue weighted by atomic mass is 9.88. The molecule has 0 aliphatic carbocycles. The average molecular weight is 435 g/mol. The summed E-state index contributed by atoms with van der Waals surface area (Å²) in [6.07, 6.45) is 2.13. The molecule has 0 amide bonds. The molecule has 154 valence electrons. The zero-order chi connectivity index (χ0) is 20.5. The number of fused-ring (bicyclic) bond motifs is 1. The molecule has 29 heavy (non-hydrogen) atoms. The highest BCUT2D eigenvalue weighted by molar-refractivity contribution is 7.15. The van der Waals surface area contributed by atoms with Gasteiger partial charge in [-0.3, -0.25) is 10.1 Å². The first-order chi connectivity index (χ1) is 13.9. The largest absolute Gasteiger partial charge is 0.356 e. The van der Waals surface area contributed by atoms with Crippen molar-refractivity contribution in [1.82, 2.24) is 14.8 Å². The number of nitro groups is 1. The molecule has 0 radical (unpaired) electrons. The van der Waals surface area contributed by atoms with Gasteiger partial charge in [0.05, 0.1) is 23.5 Å². The second-order valence-electron chi connectivity index (χ2n) is 7.50. The van der Waals surface area contributed by atoms with Crippen LogP contribution in [0.25, 0.3) is 0 Å². The Bertz CT molecular complexity index is 917. The molecule has 2 aliphatic rings. The number of aromatic nitrogens is 1. The van der Waals surface area contributed by atoms with Crippen LogP contribution in [-0.2, 0) is 11.3 Å². The van der Waals surface area contributed by atoms with E-state index in [1.807, 2.05) is 44.2 Å². The van der Waals surface area contributed by atoms with E-state index in [0.717, 1.165) is 10.4 Å². The summed E-state index contributed by atoms with van der Waals surface area (Å²) in [7, 11) is 0. The van der Waals surface area contributed by atoms with E-state index < -0.39 is 0 Å². The molecule has 7 nitrogen and oxygen atoms in total. The summed E-state index contributed by atoms with van der Waals surface area (Å²) < 4.78 is 6.68. The molecule has 4 rings (SSSR count). The highest BCUT2D eigenvalue weighted by Crippen LogP contribution is 2.43. The fourth-order valence-electron chi connectivity index (χ4n) is 4.14. The number of rotatable bonds is 6. The van der Waals surface area contributed by atoms with E-state index in [0.29, 0.717) is 36.3 Å². The molecule has 1 fully saturated rings. The Hall–Kier alpha value is -2.16. The first-order valence-corrected chi connectivity index (χ1v) is 10.8. The first-order valence-electron chi connectivity index (χ1n) is 9.64. The molecule has 2 atom stereocenters. The minimum absolute atomic E-state index is 0.0317. The zero-order valence-corrected chi connectivity index (χ0v) is 17.9. The minimum atomic E-state index is -0.327. The smallest absolute Gasteiger partial charge is 0.293 e. The molecule has 1 saturated heterocycles. The maximum atomic E-state index is 12.2. The van der Waals surface area contributed by atoms with Gasteiger partial charge < -0.3 is 14.5 Å². The number of ether oxygens (including phenoxy) is 1. The molecule has 0 saturated carbocycles. The summed E-state index contributed by atoms with van der Waals surface area (Å²) in [4.78, 5) is 21.2. The highest BCUT2D eigenvalue weighted by atomic mass is 35.5. The van der Waals surface area contributed by atoms with Crippen LogP contribution in [0, 0.1) is 10.1 Å². The van der Waals surface area contributed by atoms with Crippen LogP contribution in [0.4, 0.5) is 0 Å². The van der Waals surface area contributed by atoms with Gasteiger partial charge in [0, 0.05) is 30.6 Å². The van der Waals surface area contributed by atoms with E-state index >= 15 is 0 Å². The number of hydrogen-bond acceptors (Lipinski definition) is 7. The van der Waals surface area contributed by atoms with Gasteiger partial charge in [0.15, 0.2) is 10.3 Å². The third-order valence-corrected chi connectivity index (χ3v) is 6.33. The number of thiazole rings is 1. The van der Waals surface area contributed by atoms with Crippen LogP contribution < -0.4 is 0 Å². The summed E-state index contributed by atoms with van der Waals surface area (Å²) in [6, 6.07) is 9.69. The number of nitrogens with zero attached hydrogens (tertiary/aromatic N) is 4. The van der Waals surface area contributed by atoms with Gasteiger partial charge in [0.25, 0.3) is 5.70 Å². The lowest BCUT2D eigenvalue weighted by molar-refractivity contribution is -0.436. The van der Waals surface area contributed by atoms with Gasteiger partial charge in [-0.15, -0.1) is 11.3 Å². The fraction of sp³-hybridized carbons (Fsp3) is 0.450. The van der Waals surface area contributed by atoms with Crippen LogP contribution in [-0.4, -0.2) is 45.1 Å². The topological polar surface area (TPSA) is 71.7 Å². The zero-order valence-electron chi connectivity index (χ0n) is 16.3. The Balaban J connectivity index is 1.77. The van der Waals surface area contributed by atoms with Gasteiger partial charge in [0.2, 0.25) is 0 Å². The van der Waals surface area contributed by atoms with Gasteiger partial charge in [-0.1, -0.05) is 41.9 Å². The van der Waals surface area contributed by atoms with Crippen LogP contribution in [0.3, 0.4) is 0 Å². The van der Waals surface area contributed by atoms with Crippen LogP contribution in [0.2, 0.25) is 4.47 Å². The lowest BCUT2D eigenvalue weighted by Gasteiger charge is -2.38. The second-order valence-corrected chi connectivity index (χ2v) is 9.20. The summed E-state index contributed by atoms with van der Waals surface area (Å²) in [5.74, 6) is 0.331. The molecule has 2 unspecified atom stereocenters. The van der Waals surface area contributed by atoms with Crippen LogP contribution in [0.5, 0.6) is 0 Å². The van der Waals surface area contributed by atoms with E-state index in [1.54, 1.807) is 6.20 Å². The molecular weight excluding hydrogens is 412 g/mol. The third-order valence-electron chi connectivity index (χ3n) is 5.23. The summed E-state index contributed by atoms with van der Waals surface area (Å²) in [6.45, 7) is 5.93. The van der Waals surface area contributed by atoms with E-state index in [-0.39, 0.29) is 28.9 Å². The molecule has 1 aromatic heterocycles. The Kier molecular flexibility index (Phi) is 5.76. The molecule has 9 heteroatoms. The van der Waals surface area contributed by atoms with Crippen molar-refractivity contribution in [3.05, 3.63) is 73.1 Å². The van der Waals surface area contributed by atoms with E-state index in [9.17, 15) is 10.1 Å². The predicted octanol–water partition coefficient (Wildman–Crippen LogP) is 4.30. The van der Waals surface area contributed by atoms with Gasteiger partial charge >= 0.3 is 0 Å². The molecule has 3 heterocycles. The molecule has 2 aliphatic heterocycles. The number of allylic oxidation sites excluding steroid dienone is 1. The van der Waals surface area contributed by atoms with Crippen LogP contribution in [0.1, 0.15) is 36.6 Å². The Morgan fingerprint density at radius 2 is 2.10 bits per heavy atom. The van der Waals surface area contributed by atoms with E-state index in [4.69, 9.17) is 16.3 Å². The molecule has 0 spiro atoms. The third kappa shape index (κ3) is 4.10. The lowest BCUT2D eigenvalue weighted by Crippen LogP contribution is -2.44. The summed E-state index contributed by atoms with van der Waals surface area (Å²) >= 11 is 7.39. The van der Waals surface area contributed by atoms with Crippen molar-refractivity contribution in [2.24, 2.45) is 0 Å². The van der Waals surface area contributed by atoms with Crippen LogP contribution in [0.15, 0.2) is 48.0 Å². The van der Waals surface area contributed by atoms with Crippen molar-refractivity contribution < 1.29 is 9.66 Å². The molecule has 1 aromatic carbocycles. The maximum absolute atomic E-state index is 12.2. The monoisotopic (exact) mass is 434 g/mol. The summed E-state index contributed by atoms with van der Waals surface area (Å²) in [5.41, 5.74) is 1.18. The quantitative estimate of drug-likeness (QED) is 0.498. The van der Waals surface area contributed by atoms with Crippen molar-refractivity contribution in [3.63, 3.8) is 0 Å². The molecular formula is C20H23ClN4O3S. The van der Waals surface area contributed by atoms with E-state index in [2.05, 4.69) is 14.8 Å². The van der Waals surface area contributed by atoms with Crippen molar-refractivity contribution >= 4 is 22.9 Å². The molecule has 0 bridgehead atoms. The second kappa shape index (κ2) is 8.30. The number of hydrogen-bond donors (Lipinski definition) is 0. The molecule has 2 aromatic rings. The van der Waals surface area contributed by atoms with Crippen molar-refractivity contribution in [2.45, 2.75) is 45.1 Å². The number of benzene rings is 1. The average Bonchev–Trinajstić information content (AvgIpc) is 3.28. The minimum Gasteiger partial charge on any atom is -0.356 e. The van der Waals surface area contributed by atoms with Gasteiger partial charge in [-0.2, -0.15) is 0 Å². The van der Waals surface area contributed by atoms with Gasteiger partial charge in [-0.25, -0.2) is 4.98 Å². The molecule has 0 N–H and O–H groups in total. The number of halogens is 1. The van der Waals surface area contributed by atoms with Gasteiger partial charge in [-0.05, 0) is 19.4 Å². The maximum Gasteiger partial charge on any atom is 0.293 e. The van der Waals surface area contributed by atoms with Crippen molar-refractivity contribution in [3.8, 4) is 0 Å². The standard InChI is InChI=1S/C20H23ClN4O3S/c1-13(2)28-17-10-16(14-6-4-3-5-7-14)18(25(26)27)19-23(8-9-24(17)19)12-15-11-22-20(21)29-15/h3-7,11,13,16-17H,8-10,12H2,1-2H3. The fourth-order valence-corrected chi connectivity index (χ4v) is 5.13. The Morgan fingerprint density at radius 1 is 1.34 bits per heavy atom. The van der Waals surface area contributed by atoms with Crippen molar-refractivity contribution in [2.75, 3.05) is 13.1 Å². The van der Waals surface area contributed by atoms with E-state index in [1.165, 1.54) is 11.3 Å². The SMILES string of the molecule is CC(C)OC1CC(c2ccccc2)C([N+](=O)[O-])=C2N(Cc3cnc(Cl)s3)CCN21.